The minimum Gasteiger partial charge on any atom is -0.312 e. The molecule has 0 aliphatic carbocycles. The molecule has 0 radical (unpaired) electrons. The van der Waals surface area contributed by atoms with Crippen molar-refractivity contribution in [3.05, 3.63) is 64.8 Å². The zero-order valence-corrected chi connectivity index (χ0v) is 16.6. The van der Waals surface area contributed by atoms with Crippen LogP contribution in [0.3, 0.4) is 0 Å². The number of benzene rings is 1. The van der Waals surface area contributed by atoms with Gasteiger partial charge in [0.2, 0.25) is 0 Å². The predicted molar refractivity (Wildman–Crippen MR) is 111 cm³/mol. The monoisotopic (exact) mass is 372 g/mol. The predicted octanol–water partition coefficient (Wildman–Crippen LogP) is 4.86. The number of hydrogen-bond donors (Lipinski definition) is 0. The molecule has 1 aliphatic heterocycles. The fourth-order valence-electron chi connectivity index (χ4n) is 4.21. The van der Waals surface area contributed by atoms with Crippen molar-refractivity contribution in [3.8, 4) is 5.69 Å². The number of pyridine rings is 1. The van der Waals surface area contributed by atoms with E-state index in [1.807, 2.05) is 44.3 Å². The van der Waals surface area contributed by atoms with E-state index < -0.39 is 0 Å². The molecule has 1 fully saturated rings. The maximum Gasteiger partial charge on any atom is 0.187 e. The maximum atomic E-state index is 13.3. The maximum absolute atomic E-state index is 13.3. The molecule has 1 aliphatic rings. The van der Waals surface area contributed by atoms with Gasteiger partial charge in [0.1, 0.15) is 0 Å². The van der Waals surface area contributed by atoms with Crippen molar-refractivity contribution in [3.63, 3.8) is 0 Å². The van der Waals surface area contributed by atoms with Crippen molar-refractivity contribution < 1.29 is 4.79 Å². The summed E-state index contributed by atoms with van der Waals surface area (Å²) < 4.78 is 2.09. The number of Topliss-reactive ketones (excluding diaryl/α,β-unsaturated/α-hetero) is 1. The third kappa shape index (κ3) is 3.10. The summed E-state index contributed by atoms with van der Waals surface area (Å²) >= 11 is 0. The smallest absolute Gasteiger partial charge is 0.187 e. The summed E-state index contributed by atoms with van der Waals surface area (Å²) in [4.78, 5) is 23.6. The van der Waals surface area contributed by atoms with E-state index in [0.29, 0.717) is 23.8 Å². The van der Waals surface area contributed by atoms with Crippen molar-refractivity contribution in [2.45, 2.75) is 39.7 Å². The van der Waals surface area contributed by atoms with Crippen LogP contribution < -0.4 is 0 Å². The fourth-order valence-corrected chi connectivity index (χ4v) is 4.21. The molecule has 0 bridgehead atoms. The number of fused-ring (bicyclic) bond motifs is 1. The second-order valence-electron chi connectivity index (χ2n) is 7.69. The topological polar surface area (TPSA) is 42.5 Å². The molecule has 4 rings (SSSR count). The van der Waals surface area contributed by atoms with Crippen LogP contribution in [0.15, 0.2) is 36.5 Å². The number of carbonyl (C=O) groups excluding carboxylic acids is 1. The number of nitrogens with zero attached hydrogens (tertiary/aromatic N) is 4. The van der Waals surface area contributed by atoms with E-state index in [4.69, 9.17) is 6.57 Å². The molecule has 0 spiro atoms. The van der Waals surface area contributed by atoms with Crippen molar-refractivity contribution in [1.29, 1.82) is 0 Å². The highest BCUT2D eigenvalue weighted by Crippen LogP contribution is 2.30. The Morgan fingerprint density at radius 1 is 1.29 bits per heavy atom. The van der Waals surface area contributed by atoms with Gasteiger partial charge < -0.3 is 4.57 Å². The summed E-state index contributed by atoms with van der Waals surface area (Å²) in [5, 5.41) is 0. The van der Waals surface area contributed by atoms with E-state index in [1.54, 1.807) is 0 Å². The fraction of sp³-hybridized carbons (Fsp3) is 0.348. The van der Waals surface area contributed by atoms with Gasteiger partial charge in [-0.1, -0.05) is 12.1 Å². The summed E-state index contributed by atoms with van der Waals surface area (Å²) in [5.41, 5.74) is 5.91. The standard InChI is InChI=1S/C23H24N4O/c1-15-12-20-23(25-13-15)22(21(28)14-26-11-5-6-16(26)2)17(3)27(20)19-9-7-18(24-4)8-10-19/h7-10,12-13,16H,5-6,11,14H2,1-3H3/t16-/m1/s1. The van der Waals surface area contributed by atoms with Gasteiger partial charge in [-0.25, -0.2) is 4.85 Å². The first-order valence-electron chi connectivity index (χ1n) is 9.72. The minimum atomic E-state index is 0.129. The van der Waals surface area contributed by atoms with Crippen LogP contribution in [0.25, 0.3) is 21.6 Å². The van der Waals surface area contributed by atoms with Crippen molar-refractivity contribution in [1.82, 2.24) is 14.5 Å². The SMILES string of the molecule is [C-]#[N+]c1ccc(-n2c(C)c(C(=O)CN3CCC[C@H]3C)c3ncc(C)cc32)cc1. The largest absolute Gasteiger partial charge is 0.312 e. The highest BCUT2D eigenvalue weighted by Gasteiger charge is 2.27. The van der Waals surface area contributed by atoms with E-state index in [9.17, 15) is 4.79 Å². The zero-order chi connectivity index (χ0) is 19.8. The third-order valence-corrected chi connectivity index (χ3v) is 5.73. The van der Waals surface area contributed by atoms with Crippen LogP contribution in [-0.4, -0.2) is 39.4 Å². The summed E-state index contributed by atoms with van der Waals surface area (Å²) in [7, 11) is 0. The average molecular weight is 372 g/mol. The molecule has 5 heteroatoms. The van der Waals surface area contributed by atoms with Crippen LogP contribution in [0.2, 0.25) is 0 Å². The molecule has 142 valence electrons. The van der Waals surface area contributed by atoms with Gasteiger partial charge >= 0.3 is 0 Å². The van der Waals surface area contributed by atoms with Gasteiger partial charge in [-0.2, -0.15) is 0 Å². The summed E-state index contributed by atoms with van der Waals surface area (Å²) in [6.07, 6.45) is 4.13. The number of rotatable bonds is 4. The van der Waals surface area contributed by atoms with Crippen LogP contribution in [0.4, 0.5) is 5.69 Å². The van der Waals surface area contributed by atoms with Crippen LogP contribution in [0, 0.1) is 20.4 Å². The second kappa shape index (κ2) is 7.21. The van der Waals surface area contributed by atoms with Gasteiger partial charge in [-0.05, 0) is 63.9 Å². The molecule has 5 nitrogen and oxygen atoms in total. The lowest BCUT2D eigenvalue weighted by atomic mass is 10.1. The normalized spacial score (nSPS) is 17.1. The van der Waals surface area contributed by atoms with E-state index in [2.05, 4.69) is 32.3 Å². The lowest BCUT2D eigenvalue weighted by Gasteiger charge is -2.19. The Morgan fingerprint density at radius 2 is 2.04 bits per heavy atom. The average Bonchev–Trinajstić information content (AvgIpc) is 3.21. The minimum absolute atomic E-state index is 0.129. The van der Waals surface area contributed by atoms with Crippen LogP contribution in [0.5, 0.6) is 0 Å². The quantitative estimate of drug-likeness (QED) is 0.485. The first-order valence-corrected chi connectivity index (χ1v) is 9.72. The Hall–Kier alpha value is -2.97. The Kier molecular flexibility index (Phi) is 4.74. The molecule has 1 saturated heterocycles. The van der Waals surface area contributed by atoms with Gasteiger partial charge in [-0.3, -0.25) is 14.7 Å². The Morgan fingerprint density at radius 3 is 2.68 bits per heavy atom. The number of aryl methyl sites for hydroxylation is 1. The molecule has 3 heterocycles. The molecule has 0 unspecified atom stereocenters. The lowest BCUT2D eigenvalue weighted by molar-refractivity contribution is 0.0927. The van der Waals surface area contributed by atoms with Gasteiger partial charge in [0, 0.05) is 23.6 Å². The summed E-state index contributed by atoms with van der Waals surface area (Å²) in [5.74, 6) is 0.129. The number of aromatic nitrogens is 2. The van der Waals surface area contributed by atoms with Crippen LogP contribution in [-0.2, 0) is 0 Å². The number of likely N-dealkylation sites (tertiary alicyclic amines) is 1. The molecule has 3 aromatic rings. The zero-order valence-electron chi connectivity index (χ0n) is 16.6. The molecule has 1 aromatic carbocycles. The molecular formula is C23H24N4O. The van der Waals surface area contributed by atoms with Gasteiger partial charge in [-0.15, -0.1) is 0 Å². The third-order valence-electron chi connectivity index (χ3n) is 5.73. The summed E-state index contributed by atoms with van der Waals surface area (Å²) in [6, 6.07) is 10.0. The van der Waals surface area contributed by atoms with Gasteiger partial charge in [0.25, 0.3) is 0 Å². The lowest BCUT2D eigenvalue weighted by Crippen LogP contribution is -2.32. The van der Waals surface area contributed by atoms with Crippen LogP contribution >= 0.6 is 0 Å². The first-order chi connectivity index (χ1) is 13.5. The molecule has 2 aromatic heterocycles. The van der Waals surface area contributed by atoms with Crippen molar-refractivity contribution in [2.24, 2.45) is 0 Å². The van der Waals surface area contributed by atoms with Crippen molar-refractivity contribution >= 4 is 22.5 Å². The number of ketones is 1. The van der Waals surface area contributed by atoms with Gasteiger partial charge in [0.15, 0.2) is 11.5 Å². The van der Waals surface area contributed by atoms with Crippen molar-refractivity contribution in [2.75, 3.05) is 13.1 Å². The number of hydrogen-bond acceptors (Lipinski definition) is 3. The van der Waals surface area contributed by atoms with Gasteiger partial charge in [0.05, 0.1) is 29.7 Å². The van der Waals surface area contributed by atoms with E-state index >= 15 is 0 Å². The van der Waals surface area contributed by atoms with E-state index in [-0.39, 0.29) is 5.78 Å². The first kappa shape index (κ1) is 18.4. The Bertz CT molecular complexity index is 1090. The highest BCUT2D eigenvalue weighted by atomic mass is 16.1. The molecule has 28 heavy (non-hydrogen) atoms. The Balaban J connectivity index is 1.84. The van der Waals surface area contributed by atoms with E-state index in [0.717, 1.165) is 47.4 Å². The van der Waals surface area contributed by atoms with E-state index in [1.165, 1.54) is 0 Å². The summed E-state index contributed by atoms with van der Waals surface area (Å²) in [6.45, 7) is 14.8. The molecule has 0 amide bonds. The molecular weight excluding hydrogens is 348 g/mol. The second-order valence-corrected chi connectivity index (χ2v) is 7.69. The highest BCUT2D eigenvalue weighted by molar-refractivity contribution is 6.09. The number of carbonyl (C=O) groups is 1. The molecule has 1 atom stereocenters. The Labute approximate surface area is 165 Å². The molecule has 0 N–H and O–H groups in total. The van der Waals surface area contributed by atoms with Crippen LogP contribution in [0.1, 0.15) is 41.4 Å². The molecule has 0 saturated carbocycles.